The predicted octanol–water partition coefficient (Wildman–Crippen LogP) is 1.89. The van der Waals surface area contributed by atoms with E-state index in [1.165, 1.54) is 0 Å². The fourth-order valence-electron chi connectivity index (χ4n) is 2.60. The number of carboxylic acid groups (broad SMARTS) is 1. The number of carboxylic acids is 1. The second-order valence-corrected chi connectivity index (χ2v) is 5.88. The highest BCUT2D eigenvalue weighted by atomic mass is 16.4. The lowest BCUT2D eigenvalue weighted by atomic mass is 10.0. The highest BCUT2D eigenvalue weighted by Crippen LogP contribution is 2.58. The largest absolute Gasteiger partial charge is 0.481 e. The molecule has 1 amide bonds. The number of rotatable bonds is 5. The summed E-state index contributed by atoms with van der Waals surface area (Å²) in [7, 11) is 0. The first-order valence-corrected chi connectivity index (χ1v) is 6.26. The molecule has 1 aliphatic carbocycles. The lowest BCUT2D eigenvalue weighted by Gasteiger charge is -2.21. The van der Waals surface area contributed by atoms with Gasteiger partial charge in [-0.15, -0.1) is 0 Å². The van der Waals surface area contributed by atoms with E-state index < -0.39 is 17.3 Å². The summed E-state index contributed by atoms with van der Waals surface area (Å²) in [5, 5.41) is 12.0. The Labute approximate surface area is 103 Å². The molecule has 98 valence electrons. The van der Waals surface area contributed by atoms with E-state index in [0.29, 0.717) is 5.92 Å². The van der Waals surface area contributed by atoms with E-state index in [9.17, 15) is 9.59 Å². The van der Waals surface area contributed by atoms with Crippen molar-refractivity contribution in [2.45, 2.75) is 47.1 Å². The number of hydrogen-bond acceptors (Lipinski definition) is 2. The average Bonchev–Trinajstić information content (AvgIpc) is 2.77. The normalized spacial score (nSPS) is 27.6. The van der Waals surface area contributed by atoms with Crippen LogP contribution in [0, 0.1) is 23.2 Å². The number of aliphatic carboxylic acids is 1. The van der Waals surface area contributed by atoms with Crippen LogP contribution in [0.2, 0.25) is 0 Å². The molecule has 1 saturated carbocycles. The molecule has 0 aromatic carbocycles. The molecule has 4 nitrogen and oxygen atoms in total. The number of nitrogens with one attached hydrogen (secondary N) is 1. The van der Waals surface area contributed by atoms with E-state index in [0.717, 1.165) is 6.42 Å². The third-order valence-electron chi connectivity index (χ3n) is 3.95. The summed E-state index contributed by atoms with van der Waals surface area (Å²) in [6.07, 6.45) is 0.869. The van der Waals surface area contributed by atoms with E-state index in [1.54, 1.807) is 0 Å². The smallest absolute Gasteiger partial charge is 0.307 e. The molecule has 0 bridgehead atoms. The Hall–Kier alpha value is -1.06. The number of carbonyl (C=O) groups excluding carboxylic acids is 1. The van der Waals surface area contributed by atoms with Gasteiger partial charge < -0.3 is 10.4 Å². The van der Waals surface area contributed by atoms with Crippen molar-refractivity contribution < 1.29 is 14.7 Å². The summed E-state index contributed by atoms with van der Waals surface area (Å²) in [4.78, 5) is 23.0. The quantitative estimate of drug-likeness (QED) is 0.772. The van der Waals surface area contributed by atoms with Crippen LogP contribution in [0.4, 0.5) is 0 Å². The Kier molecular flexibility index (Phi) is 3.84. The highest BCUT2D eigenvalue weighted by Gasteiger charge is 2.65. The molecule has 0 aliphatic heterocycles. The Balaban J connectivity index is 2.64. The van der Waals surface area contributed by atoms with Crippen molar-refractivity contribution in [2.75, 3.05) is 0 Å². The summed E-state index contributed by atoms with van der Waals surface area (Å²) in [5.74, 6) is -1.52. The van der Waals surface area contributed by atoms with Crippen molar-refractivity contribution in [3.8, 4) is 0 Å². The molecule has 0 heterocycles. The van der Waals surface area contributed by atoms with E-state index in [1.807, 2.05) is 20.8 Å². The Morgan fingerprint density at radius 1 is 1.29 bits per heavy atom. The second-order valence-electron chi connectivity index (χ2n) is 5.88. The maximum Gasteiger partial charge on any atom is 0.307 e. The van der Waals surface area contributed by atoms with Gasteiger partial charge in [0.15, 0.2) is 0 Å². The van der Waals surface area contributed by atoms with Gasteiger partial charge in [-0.25, -0.2) is 0 Å². The van der Waals surface area contributed by atoms with Crippen LogP contribution < -0.4 is 5.32 Å². The standard InChI is InChI=1S/C13H23NO3/c1-6-8(7(2)3)14-11(15)9-10(12(16)17)13(9,4)5/h7-10H,6H2,1-5H3,(H,14,15)(H,16,17)/t8?,9-,10+/m1/s1. The van der Waals surface area contributed by atoms with Crippen LogP contribution in [-0.2, 0) is 9.59 Å². The summed E-state index contributed by atoms with van der Waals surface area (Å²) in [5.41, 5.74) is -0.412. The van der Waals surface area contributed by atoms with Crippen LogP contribution in [0.3, 0.4) is 0 Å². The molecular formula is C13H23NO3. The molecule has 4 heteroatoms. The molecule has 0 saturated heterocycles. The van der Waals surface area contributed by atoms with Gasteiger partial charge >= 0.3 is 5.97 Å². The summed E-state index contributed by atoms with van der Waals surface area (Å²) >= 11 is 0. The monoisotopic (exact) mass is 241 g/mol. The first-order chi connectivity index (χ1) is 7.73. The van der Waals surface area contributed by atoms with Gasteiger partial charge in [-0.2, -0.15) is 0 Å². The van der Waals surface area contributed by atoms with Gasteiger partial charge in [-0.05, 0) is 17.8 Å². The Bertz CT molecular complexity index is 323. The number of amides is 1. The first-order valence-electron chi connectivity index (χ1n) is 6.26. The molecule has 3 atom stereocenters. The van der Waals surface area contributed by atoms with Crippen molar-refractivity contribution >= 4 is 11.9 Å². The first kappa shape index (κ1) is 14.0. The SMILES string of the molecule is CCC(NC(=O)[C@H]1[C@@H](C(=O)O)C1(C)C)C(C)C. The fraction of sp³-hybridized carbons (Fsp3) is 0.846. The van der Waals surface area contributed by atoms with E-state index >= 15 is 0 Å². The summed E-state index contributed by atoms with van der Waals surface area (Å²) in [6, 6.07) is 0.133. The van der Waals surface area contributed by atoms with E-state index in [4.69, 9.17) is 5.11 Å². The zero-order chi connectivity index (χ0) is 13.4. The van der Waals surface area contributed by atoms with Gasteiger partial charge in [0.2, 0.25) is 5.91 Å². The average molecular weight is 241 g/mol. The zero-order valence-corrected chi connectivity index (χ0v) is 11.3. The maximum absolute atomic E-state index is 12.0. The van der Waals surface area contributed by atoms with Gasteiger partial charge in [0.1, 0.15) is 0 Å². The number of hydrogen-bond donors (Lipinski definition) is 2. The zero-order valence-electron chi connectivity index (χ0n) is 11.3. The summed E-state index contributed by atoms with van der Waals surface area (Å²) < 4.78 is 0. The molecule has 0 aromatic rings. The van der Waals surface area contributed by atoms with E-state index in [2.05, 4.69) is 19.2 Å². The van der Waals surface area contributed by atoms with Crippen LogP contribution in [0.25, 0.3) is 0 Å². The molecule has 17 heavy (non-hydrogen) atoms. The van der Waals surface area contributed by atoms with Crippen LogP contribution in [0.1, 0.15) is 41.0 Å². The summed E-state index contributed by atoms with van der Waals surface area (Å²) in [6.45, 7) is 9.82. The molecule has 1 unspecified atom stereocenters. The highest BCUT2D eigenvalue weighted by molar-refractivity contribution is 5.91. The van der Waals surface area contributed by atoms with Gasteiger partial charge in [0.05, 0.1) is 11.8 Å². The molecule has 0 aromatic heterocycles. The van der Waals surface area contributed by atoms with Crippen molar-refractivity contribution in [1.29, 1.82) is 0 Å². The fourth-order valence-corrected chi connectivity index (χ4v) is 2.60. The van der Waals surface area contributed by atoms with Gasteiger partial charge in [0, 0.05) is 6.04 Å². The lowest BCUT2D eigenvalue weighted by Crippen LogP contribution is -2.39. The molecule has 0 spiro atoms. The van der Waals surface area contributed by atoms with Crippen molar-refractivity contribution in [2.24, 2.45) is 23.2 Å². The van der Waals surface area contributed by atoms with Crippen LogP contribution >= 0.6 is 0 Å². The molecule has 1 fully saturated rings. The molecule has 2 N–H and O–H groups in total. The topological polar surface area (TPSA) is 66.4 Å². The Morgan fingerprint density at radius 2 is 1.82 bits per heavy atom. The van der Waals surface area contributed by atoms with Crippen molar-refractivity contribution in [3.05, 3.63) is 0 Å². The van der Waals surface area contributed by atoms with Gasteiger partial charge in [0.25, 0.3) is 0 Å². The van der Waals surface area contributed by atoms with E-state index in [-0.39, 0.29) is 17.9 Å². The van der Waals surface area contributed by atoms with Gasteiger partial charge in [-0.3, -0.25) is 9.59 Å². The third kappa shape index (κ3) is 2.61. The lowest BCUT2D eigenvalue weighted by molar-refractivity contribution is -0.140. The minimum Gasteiger partial charge on any atom is -0.481 e. The Morgan fingerprint density at radius 3 is 2.12 bits per heavy atom. The molecule has 1 aliphatic rings. The van der Waals surface area contributed by atoms with Crippen molar-refractivity contribution in [1.82, 2.24) is 5.32 Å². The second kappa shape index (κ2) is 4.67. The van der Waals surface area contributed by atoms with Gasteiger partial charge in [-0.1, -0.05) is 34.6 Å². The minimum absolute atomic E-state index is 0.108. The minimum atomic E-state index is -0.868. The predicted molar refractivity (Wildman–Crippen MR) is 65.5 cm³/mol. The van der Waals surface area contributed by atoms with Crippen LogP contribution in [-0.4, -0.2) is 23.0 Å². The molecule has 1 rings (SSSR count). The van der Waals surface area contributed by atoms with Crippen LogP contribution in [0.15, 0.2) is 0 Å². The number of carbonyl (C=O) groups is 2. The maximum atomic E-state index is 12.0. The molecule has 0 radical (unpaired) electrons. The third-order valence-corrected chi connectivity index (χ3v) is 3.95. The molecular weight excluding hydrogens is 218 g/mol. The van der Waals surface area contributed by atoms with Crippen molar-refractivity contribution in [3.63, 3.8) is 0 Å². The van der Waals surface area contributed by atoms with Crippen LogP contribution in [0.5, 0.6) is 0 Å².